The fourth-order valence-corrected chi connectivity index (χ4v) is 3.81. The van der Waals surface area contributed by atoms with E-state index in [-0.39, 0.29) is 5.91 Å². The zero-order valence-electron chi connectivity index (χ0n) is 16.5. The largest absolute Gasteiger partial charge is 0.489 e. The average Bonchev–Trinajstić information content (AvgIpc) is 2.76. The van der Waals surface area contributed by atoms with E-state index in [1.54, 1.807) is 6.08 Å². The summed E-state index contributed by atoms with van der Waals surface area (Å²) in [5.74, 6) is 0.719. The van der Waals surface area contributed by atoms with Crippen molar-refractivity contribution in [1.29, 1.82) is 0 Å². The summed E-state index contributed by atoms with van der Waals surface area (Å²) in [6.45, 7) is 6.65. The Morgan fingerprint density at radius 3 is 2.48 bits per heavy atom. The van der Waals surface area contributed by atoms with Crippen molar-refractivity contribution in [2.75, 3.05) is 11.9 Å². The van der Waals surface area contributed by atoms with E-state index in [4.69, 9.17) is 4.74 Å². The maximum absolute atomic E-state index is 13.6. The molecule has 1 aliphatic rings. The van der Waals surface area contributed by atoms with Gasteiger partial charge >= 0.3 is 0 Å². The SMILES string of the molecule is C=CCOc1ccccc1C1(C)Nc2ccccc2C(=O)N1Cc1ccccc1. The van der Waals surface area contributed by atoms with Gasteiger partial charge in [-0.05, 0) is 30.7 Å². The fourth-order valence-electron chi connectivity index (χ4n) is 3.81. The number of hydrogen-bond acceptors (Lipinski definition) is 3. The molecule has 4 rings (SSSR count). The Balaban J connectivity index is 1.84. The van der Waals surface area contributed by atoms with E-state index in [2.05, 4.69) is 11.9 Å². The molecule has 0 saturated carbocycles. The van der Waals surface area contributed by atoms with Crippen LogP contribution in [0.3, 0.4) is 0 Å². The van der Waals surface area contributed by atoms with Crippen molar-refractivity contribution in [1.82, 2.24) is 4.90 Å². The number of hydrogen-bond donors (Lipinski definition) is 1. The second kappa shape index (κ2) is 7.84. The predicted octanol–water partition coefficient (Wildman–Crippen LogP) is 5.19. The smallest absolute Gasteiger partial charge is 0.258 e. The molecule has 0 aromatic heterocycles. The van der Waals surface area contributed by atoms with Crippen LogP contribution in [0.15, 0.2) is 91.5 Å². The first-order valence-electron chi connectivity index (χ1n) is 9.70. The molecule has 0 radical (unpaired) electrons. The lowest BCUT2D eigenvalue weighted by Gasteiger charge is -2.47. The molecule has 0 aliphatic carbocycles. The third-order valence-corrected chi connectivity index (χ3v) is 5.27. The van der Waals surface area contributed by atoms with Crippen LogP contribution in [-0.2, 0) is 12.2 Å². The topological polar surface area (TPSA) is 41.6 Å². The van der Waals surface area contributed by atoms with E-state index >= 15 is 0 Å². The molecule has 3 aromatic carbocycles. The standard InChI is InChI=1S/C25H24N2O2/c1-3-17-29-23-16-10-8-14-21(23)25(2)26-22-15-9-7-13-20(22)24(28)27(25)18-19-11-5-4-6-12-19/h3-16,26H,1,17-18H2,2H3. The number of para-hydroxylation sites is 2. The first-order chi connectivity index (χ1) is 14.1. The Bertz CT molecular complexity index is 1030. The highest BCUT2D eigenvalue weighted by molar-refractivity contribution is 6.02. The number of rotatable bonds is 6. The summed E-state index contributed by atoms with van der Waals surface area (Å²) >= 11 is 0. The van der Waals surface area contributed by atoms with Crippen LogP contribution >= 0.6 is 0 Å². The minimum atomic E-state index is -0.779. The molecule has 1 unspecified atom stereocenters. The summed E-state index contributed by atoms with van der Waals surface area (Å²) in [6, 6.07) is 25.5. The molecule has 0 spiro atoms. The summed E-state index contributed by atoms with van der Waals surface area (Å²) in [5.41, 5.74) is 2.69. The second-order valence-electron chi connectivity index (χ2n) is 7.22. The normalized spacial score (nSPS) is 18.0. The summed E-state index contributed by atoms with van der Waals surface area (Å²) in [6.07, 6.45) is 1.72. The predicted molar refractivity (Wildman–Crippen MR) is 116 cm³/mol. The van der Waals surface area contributed by atoms with Gasteiger partial charge in [0.2, 0.25) is 0 Å². The Labute approximate surface area is 171 Å². The van der Waals surface area contributed by atoms with Crippen molar-refractivity contribution < 1.29 is 9.53 Å². The number of carbonyl (C=O) groups is 1. The number of benzene rings is 3. The summed E-state index contributed by atoms with van der Waals surface area (Å²) in [7, 11) is 0. The molecule has 0 fully saturated rings. The molecule has 0 bridgehead atoms. The first kappa shape index (κ1) is 18.8. The maximum atomic E-state index is 13.6. The van der Waals surface area contributed by atoms with E-state index in [0.717, 1.165) is 22.6 Å². The minimum Gasteiger partial charge on any atom is -0.489 e. The Kier molecular flexibility index (Phi) is 5.09. The lowest BCUT2D eigenvalue weighted by Crippen LogP contribution is -2.55. The van der Waals surface area contributed by atoms with Crippen molar-refractivity contribution in [3.8, 4) is 5.75 Å². The van der Waals surface area contributed by atoms with Crippen molar-refractivity contribution in [2.45, 2.75) is 19.1 Å². The van der Waals surface area contributed by atoms with Crippen molar-refractivity contribution in [3.05, 3.63) is 108 Å². The molecule has 4 heteroatoms. The van der Waals surface area contributed by atoms with Crippen LogP contribution in [0.1, 0.15) is 28.4 Å². The fraction of sp³-hybridized carbons (Fsp3) is 0.160. The number of nitrogens with one attached hydrogen (secondary N) is 1. The molecule has 1 N–H and O–H groups in total. The highest BCUT2D eigenvalue weighted by Crippen LogP contribution is 2.42. The number of carbonyl (C=O) groups excluding carboxylic acids is 1. The van der Waals surface area contributed by atoms with E-state index < -0.39 is 5.66 Å². The van der Waals surface area contributed by atoms with Crippen LogP contribution in [0, 0.1) is 0 Å². The lowest BCUT2D eigenvalue weighted by molar-refractivity contribution is 0.0503. The van der Waals surface area contributed by atoms with Gasteiger partial charge in [-0.1, -0.05) is 73.3 Å². The number of nitrogens with zero attached hydrogens (tertiary/aromatic N) is 1. The van der Waals surface area contributed by atoms with Gasteiger partial charge in [-0.2, -0.15) is 0 Å². The summed E-state index contributed by atoms with van der Waals surface area (Å²) < 4.78 is 5.93. The van der Waals surface area contributed by atoms with Gasteiger partial charge in [-0.3, -0.25) is 4.79 Å². The lowest BCUT2D eigenvalue weighted by atomic mass is 9.92. The maximum Gasteiger partial charge on any atom is 0.258 e. The van der Waals surface area contributed by atoms with Crippen LogP contribution in [0.2, 0.25) is 0 Å². The zero-order valence-corrected chi connectivity index (χ0v) is 16.5. The Hall–Kier alpha value is -3.53. The Morgan fingerprint density at radius 2 is 1.69 bits per heavy atom. The third kappa shape index (κ3) is 3.49. The van der Waals surface area contributed by atoms with Crippen molar-refractivity contribution in [2.24, 2.45) is 0 Å². The molecular formula is C25H24N2O2. The van der Waals surface area contributed by atoms with E-state index in [0.29, 0.717) is 18.7 Å². The second-order valence-corrected chi connectivity index (χ2v) is 7.22. The number of anilines is 1. The molecule has 29 heavy (non-hydrogen) atoms. The average molecular weight is 384 g/mol. The van der Waals surface area contributed by atoms with E-state index in [1.165, 1.54) is 0 Å². The molecule has 1 heterocycles. The van der Waals surface area contributed by atoms with Gasteiger partial charge in [0.05, 0.1) is 5.56 Å². The van der Waals surface area contributed by atoms with Crippen molar-refractivity contribution >= 4 is 11.6 Å². The van der Waals surface area contributed by atoms with Crippen molar-refractivity contribution in [3.63, 3.8) is 0 Å². The van der Waals surface area contributed by atoms with Gasteiger partial charge in [0, 0.05) is 17.8 Å². The van der Waals surface area contributed by atoms with Gasteiger partial charge in [0.1, 0.15) is 18.0 Å². The molecule has 0 saturated heterocycles. The monoisotopic (exact) mass is 384 g/mol. The molecule has 146 valence electrons. The third-order valence-electron chi connectivity index (χ3n) is 5.27. The molecule has 1 amide bonds. The van der Waals surface area contributed by atoms with Crippen LogP contribution < -0.4 is 10.1 Å². The number of ether oxygens (including phenoxy) is 1. The quantitative estimate of drug-likeness (QED) is 0.595. The van der Waals surface area contributed by atoms with Gasteiger partial charge < -0.3 is 15.0 Å². The van der Waals surface area contributed by atoms with Crippen LogP contribution in [0.25, 0.3) is 0 Å². The Morgan fingerprint density at radius 1 is 1.00 bits per heavy atom. The molecule has 4 nitrogen and oxygen atoms in total. The van der Waals surface area contributed by atoms with Gasteiger partial charge in [-0.15, -0.1) is 0 Å². The van der Waals surface area contributed by atoms with E-state index in [9.17, 15) is 4.79 Å². The molecule has 3 aromatic rings. The molecule has 1 atom stereocenters. The van der Waals surface area contributed by atoms with Crippen LogP contribution in [-0.4, -0.2) is 17.4 Å². The number of amides is 1. The summed E-state index contributed by atoms with van der Waals surface area (Å²) in [4.78, 5) is 15.4. The van der Waals surface area contributed by atoms with Crippen LogP contribution in [0.5, 0.6) is 5.75 Å². The van der Waals surface area contributed by atoms with E-state index in [1.807, 2.05) is 90.7 Å². The van der Waals surface area contributed by atoms with Gasteiger partial charge in [0.25, 0.3) is 5.91 Å². The highest BCUT2D eigenvalue weighted by Gasteiger charge is 2.43. The summed E-state index contributed by atoms with van der Waals surface area (Å²) in [5, 5.41) is 3.61. The molecular weight excluding hydrogens is 360 g/mol. The van der Waals surface area contributed by atoms with Crippen LogP contribution in [0.4, 0.5) is 5.69 Å². The highest BCUT2D eigenvalue weighted by atomic mass is 16.5. The van der Waals surface area contributed by atoms with Gasteiger partial charge in [-0.25, -0.2) is 0 Å². The van der Waals surface area contributed by atoms with Gasteiger partial charge in [0.15, 0.2) is 0 Å². The molecule has 1 aliphatic heterocycles. The first-order valence-corrected chi connectivity index (χ1v) is 9.70. The number of fused-ring (bicyclic) bond motifs is 1. The zero-order chi connectivity index (χ0) is 20.3. The minimum absolute atomic E-state index is 0.00998.